The van der Waals surface area contributed by atoms with E-state index in [0.717, 1.165) is 0 Å². The van der Waals surface area contributed by atoms with E-state index in [1.165, 1.54) is 0 Å². The lowest BCUT2D eigenvalue weighted by Crippen LogP contribution is -2.29. The fraction of sp³-hybridized carbons (Fsp3) is 0.308. The lowest BCUT2D eigenvalue weighted by Gasteiger charge is -2.19. The van der Waals surface area contributed by atoms with Gasteiger partial charge in [-0.15, -0.1) is 0 Å². The minimum absolute atomic E-state index is 0.299. The van der Waals surface area contributed by atoms with Crippen LogP contribution < -0.4 is 4.90 Å². The lowest BCUT2D eigenvalue weighted by atomic mass is 10.2. The predicted molar refractivity (Wildman–Crippen MR) is 70.0 cm³/mol. The maximum Gasteiger partial charge on any atom is 0.308 e. The second kappa shape index (κ2) is 4.98. The first-order valence-electron chi connectivity index (χ1n) is 5.85. The zero-order valence-electron chi connectivity index (χ0n) is 10.7. The summed E-state index contributed by atoms with van der Waals surface area (Å²) in [5.74, 6) is -0.891. The Morgan fingerprint density at radius 3 is 3.00 bits per heavy atom. The van der Waals surface area contributed by atoms with Gasteiger partial charge in [0.2, 0.25) is 0 Å². The SMILES string of the molecule is CC(CN(C)c1nc2ccccn2c1C#N)C(=O)O. The van der Waals surface area contributed by atoms with Crippen molar-refractivity contribution in [2.45, 2.75) is 6.92 Å². The molecule has 6 heteroatoms. The number of rotatable bonds is 4. The molecular weight excluding hydrogens is 244 g/mol. The monoisotopic (exact) mass is 258 g/mol. The summed E-state index contributed by atoms with van der Waals surface area (Å²) in [4.78, 5) is 16.9. The molecule has 2 rings (SSSR count). The molecule has 19 heavy (non-hydrogen) atoms. The van der Waals surface area contributed by atoms with Gasteiger partial charge >= 0.3 is 5.97 Å². The van der Waals surface area contributed by atoms with Crippen molar-refractivity contribution in [3.63, 3.8) is 0 Å². The van der Waals surface area contributed by atoms with Crippen LogP contribution in [0.4, 0.5) is 5.82 Å². The molecule has 6 nitrogen and oxygen atoms in total. The second-order valence-corrected chi connectivity index (χ2v) is 4.44. The van der Waals surface area contributed by atoms with Crippen molar-refractivity contribution in [2.75, 3.05) is 18.5 Å². The van der Waals surface area contributed by atoms with Crippen LogP contribution in [0.2, 0.25) is 0 Å². The summed E-state index contributed by atoms with van der Waals surface area (Å²) in [7, 11) is 1.74. The van der Waals surface area contributed by atoms with Crippen LogP contribution in [0, 0.1) is 17.2 Å². The Hall–Kier alpha value is -2.55. The number of carboxylic acid groups (broad SMARTS) is 1. The van der Waals surface area contributed by atoms with Crippen LogP contribution >= 0.6 is 0 Å². The minimum atomic E-state index is -0.867. The van der Waals surface area contributed by atoms with E-state index in [2.05, 4.69) is 11.1 Å². The van der Waals surface area contributed by atoms with Gasteiger partial charge in [0.15, 0.2) is 11.5 Å². The summed E-state index contributed by atoms with van der Waals surface area (Å²) in [6.07, 6.45) is 1.76. The molecule has 0 aliphatic rings. The highest BCUT2D eigenvalue weighted by atomic mass is 16.4. The molecule has 1 atom stereocenters. The molecule has 1 unspecified atom stereocenters. The van der Waals surface area contributed by atoms with E-state index in [4.69, 9.17) is 5.11 Å². The number of nitriles is 1. The zero-order valence-corrected chi connectivity index (χ0v) is 10.7. The van der Waals surface area contributed by atoms with Crippen LogP contribution in [0.1, 0.15) is 12.6 Å². The molecule has 1 N–H and O–H groups in total. The normalized spacial score (nSPS) is 12.1. The van der Waals surface area contributed by atoms with E-state index in [0.29, 0.717) is 23.7 Å². The summed E-state index contributed by atoms with van der Waals surface area (Å²) in [5, 5.41) is 18.2. The number of carboxylic acids is 1. The van der Waals surface area contributed by atoms with Crippen molar-refractivity contribution in [1.29, 1.82) is 5.26 Å². The average Bonchev–Trinajstić information content (AvgIpc) is 2.76. The van der Waals surface area contributed by atoms with Gasteiger partial charge in [-0.3, -0.25) is 9.20 Å². The summed E-state index contributed by atoms with van der Waals surface area (Å²) < 4.78 is 1.69. The Balaban J connectivity index is 2.39. The van der Waals surface area contributed by atoms with Crippen LogP contribution in [0.25, 0.3) is 5.65 Å². The molecule has 0 aliphatic heterocycles. The highest BCUT2D eigenvalue weighted by Gasteiger charge is 2.19. The van der Waals surface area contributed by atoms with Crippen LogP contribution in [0.3, 0.4) is 0 Å². The Bertz CT molecular complexity index is 656. The highest BCUT2D eigenvalue weighted by molar-refractivity contribution is 5.70. The maximum absolute atomic E-state index is 10.9. The molecule has 2 heterocycles. The molecule has 0 fully saturated rings. The highest BCUT2D eigenvalue weighted by Crippen LogP contribution is 2.20. The number of aromatic nitrogens is 2. The van der Waals surface area contributed by atoms with Crippen LogP contribution in [-0.2, 0) is 4.79 Å². The van der Waals surface area contributed by atoms with Crippen molar-refractivity contribution < 1.29 is 9.90 Å². The maximum atomic E-state index is 10.9. The van der Waals surface area contributed by atoms with Gasteiger partial charge < -0.3 is 10.0 Å². The molecule has 0 spiro atoms. The molecule has 2 aromatic heterocycles. The van der Waals surface area contributed by atoms with Gasteiger partial charge in [0, 0.05) is 19.8 Å². The van der Waals surface area contributed by atoms with Crippen molar-refractivity contribution >= 4 is 17.4 Å². The molecule has 0 bridgehead atoms. The number of nitrogens with zero attached hydrogens (tertiary/aromatic N) is 4. The summed E-state index contributed by atoms with van der Waals surface area (Å²) in [6, 6.07) is 7.58. The molecule has 0 saturated heterocycles. The van der Waals surface area contributed by atoms with Crippen LogP contribution in [0.5, 0.6) is 0 Å². The van der Waals surface area contributed by atoms with Crippen molar-refractivity contribution in [1.82, 2.24) is 9.38 Å². The van der Waals surface area contributed by atoms with Crippen molar-refractivity contribution in [3.05, 3.63) is 30.1 Å². The number of pyridine rings is 1. The third-order valence-corrected chi connectivity index (χ3v) is 2.95. The van der Waals surface area contributed by atoms with E-state index in [1.54, 1.807) is 35.5 Å². The quantitative estimate of drug-likeness (QED) is 0.895. The molecule has 0 saturated carbocycles. The third-order valence-electron chi connectivity index (χ3n) is 2.95. The number of aliphatic carboxylic acids is 1. The number of imidazole rings is 1. The minimum Gasteiger partial charge on any atom is -0.481 e. The van der Waals surface area contributed by atoms with E-state index in [-0.39, 0.29) is 0 Å². The summed E-state index contributed by atoms with van der Waals surface area (Å²) >= 11 is 0. The van der Waals surface area contributed by atoms with Gasteiger partial charge in [-0.1, -0.05) is 13.0 Å². The first kappa shape index (κ1) is 12.9. The molecule has 98 valence electrons. The van der Waals surface area contributed by atoms with E-state index in [1.807, 2.05) is 12.1 Å². The van der Waals surface area contributed by atoms with E-state index < -0.39 is 11.9 Å². The number of hydrogen-bond acceptors (Lipinski definition) is 4. The smallest absolute Gasteiger partial charge is 0.308 e. The fourth-order valence-corrected chi connectivity index (χ4v) is 1.93. The second-order valence-electron chi connectivity index (χ2n) is 4.44. The Morgan fingerprint density at radius 2 is 2.37 bits per heavy atom. The van der Waals surface area contributed by atoms with Gasteiger partial charge in [0.25, 0.3) is 0 Å². The molecule has 0 aliphatic carbocycles. The predicted octanol–water partition coefficient (Wildman–Crippen LogP) is 1.36. The Kier molecular flexibility index (Phi) is 3.38. The third kappa shape index (κ3) is 2.36. The Labute approximate surface area is 110 Å². The summed E-state index contributed by atoms with van der Waals surface area (Å²) in [5.41, 5.74) is 1.08. The fourth-order valence-electron chi connectivity index (χ4n) is 1.93. The van der Waals surface area contributed by atoms with E-state index >= 15 is 0 Å². The van der Waals surface area contributed by atoms with Gasteiger partial charge in [0.1, 0.15) is 11.7 Å². The number of hydrogen-bond donors (Lipinski definition) is 1. The van der Waals surface area contributed by atoms with Gasteiger partial charge in [0.05, 0.1) is 5.92 Å². The van der Waals surface area contributed by atoms with Gasteiger partial charge in [-0.2, -0.15) is 5.26 Å². The standard InChI is InChI=1S/C13H14N4O2/c1-9(13(18)19)8-16(2)12-10(7-14)17-6-4-3-5-11(17)15-12/h3-6,9H,8H2,1-2H3,(H,18,19). The van der Waals surface area contributed by atoms with Gasteiger partial charge in [-0.05, 0) is 12.1 Å². The van der Waals surface area contributed by atoms with Crippen molar-refractivity contribution in [2.24, 2.45) is 5.92 Å². The summed E-state index contributed by atoms with van der Waals surface area (Å²) in [6.45, 7) is 1.93. The Morgan fingerprint density at radius 1 is 1.63 bits per heavy atom. The zero-order chi connectivity index (χ0) is 14.0. The first-order chi connectivity index (χ1) is 9.04. The average molecular weight is 258 g/mol. The first-order valence-corrected chi connectivity index (χ1v) is 5.85. The molecule has 0 amide bonds. The number of carbonyl (C=O) groups is 1. The molecule has 0 radical (unpaired) electrons. The lowest BCUT2D eigenvalue weighted by molar-refractivity contribution is -0.140. The topological polar surface area (TPSA) is 81.6 Å². The number of fused-ring (bicyclic) bond motifs is 1. The van der Waals surface area contributed by atoms with E-state index in [9.17, 15) is 10.1 Å². The van der Waals surface area contributed by atoms with Crippen LogP contribution in [-0.4, -0.2) is 34.1 Å². The molecular formula is C13H14N4O2. The molecule has 0 aromatic carbocycles. The van der Waals surface area contributed by atoms with Crippen LogP contribution in [0.15, 0.2) is 24.4 Å². The number of anilines is 1. The molecule has 2 aromatic rings. The van der Waals surface area contributed by atoms with Gasteiger partial charge in [-0.25, -0.2) is 4.98 Å². The largest absolute Gasteiger partial charge is 0.481 e. The van der Waals surface area contributed by atoms with Crippen molar-refractivity contribution in [3.8, 4) is 6.07 Å².